The van der Waals surface area contributed by atoms with Gasteiger partial charge in [-0.15, -0.1) is 0 Å². The summed E-state index contributed by atoms with van der Waals surface area (Å²) in [6.07, 6.45) is 0. The van der Waals surface area contributed by atoms with Gasteiger partial charge in [-0.05, 0) is 42.8 Å². The lowest BCUT2D eigenvalue weighted by Gasteiger charge is -2.20. The van der Waals surface area contributed by atoms with Gasteiger partial charge < -0.3 is 0 Å². The van der Waals surface area contributed by atoms with Gasteiger partial charge in [-0.2, -0.15) is 5.11 Å². The van der Waals surface area contributed by atoms with Crippen molar-refractivity contribution in [1.29, 1.82) is 0 Å². The normalized spacial score (nSPS) is 22.0. The summed E-state index contributed by atoms with van der Waals surface area (Å²) in [6.45, 7) is 1.83. The highest BCUT2D eigenvalue weighted by Gasteiger charge is 2.55. The van der Waals surface area contributed by atoms with E-state index in [-0.39, 0.29) is 0 Å². The van der Waals surface area contributed by atoms with Crippen LogP contribution in [0.25, 0.3) is 0 Å². The van der Waals surface area contributed by atoms with Gasteiger partial charge in [0, 0.05) is 5.02 Å². The summed E-state index contributed by atoms with van der Waals surface area (Å²) in [4.78, 5) is 26.6. The Hall–Kier alpha value is -2.80. The van der Waals surface area contributed by atoms with Crippen molar-refractivity contribution in [3.8, 4) is 0 Å². The van der Waals surface area contributed by atoms with E-state index < -0.39 is 29.7 Å². The molecular weight excluding hydrogens is 347 g/mol. The van der Waals surface area contributed by atoms with Gasteiger partial charge in [-0.3, -0.25) is 9.59 Å². The van der Waals surface area contributed by atoms with E-state index in [0.29, 0.717) is 16.4 Å². The van der Waals surface area contributed by atoms with Gasteiger partial charge in [0.15, 0.2) is 12.1 Å². The average molecular weight is 359 g/mol. The van der Waals surface area contributed by atoms with E-state index in [1.807, 2.05) is 6.92 Å². The molecule has 126 valence electrons. The molecule has 6 nitrogen and oxygen atoms in total. The Morgan fingerprint density at radius 3 is 2.60 bits per heavy atom. The molecule has 1 saturated heterocycles. The highest BCUT2D eigenvalue weighted by molar-refractivity contribution is 6.32. The Bertz CT molecular complexity index is 933. The summed E-state index contributed by atoms with van der Waals surface area (Å²) in [5.41, 5.74) is 1.58. The van der Waals surface area contributed by atoms with Crippen LogP contribution in [0.15, 0.2) is 52.8 Å². The number of anilines is 2. The number of fused-ring (bicyclic) bond motifs is 1. The molecule has 2 atom stereocenters. The quantitative estimate of drug-likeness (QED) is 0.774. The van der Waals surface area contributed by atoms with Gasteiger partial charge in [-0.1, -0.05) is 29.0 Å². The lowest BCUT2D eigenvalue weighted by Crippen LogP contribution is -2.39. The van der Waals surface area contributed by atoms with Crippen molar-refractivity contribution in [3.63, 3.8) is 0 Å². The standard InChI is InChI=1S/C17H12ClFN4O2/c1-9-5-6-11(8-13(9)18)22-16(24)14-15(17(22)25)23(21-20-14)12-4-2-3-10(19)7-12/h2-8,14-15H,1H3/t14-,15-/m1/s1. The molecule has 2 aliphatic rings. The molecule has 0 aliphatic carbocycles. The van der Waals surface area contributed by atoms with Gasteiger partial charge in [0.25, 0.3) is 11.8 Å². The minimum Gasteiger partial charge on any atom is -0.271 e. The maximum absolute atomic E-state index is 13.5. The molecule has 4 rings (SSSR count). The van der Waals surface area contributed by atoms with Crippen LogP contribution < -0.4 is 9.91 Å². The second-order valence-corrected chi connectivity index (χ2v) is 6.27. The number of rotatable bonds is 2. The minimum atomic E-state index is -0.948. The molecule has 0 spiro atoms. The van der Waals surface area contributed by atoms with Crippen molar-refractivity contribution in [2.75, 3.05) is 9.91 Å². The molecule has 2 aromatic rings. The van der Waals surface area contributed by atoms with Gasteiger partial charge in [0.2, 0.25) is 0 Å². The molecule has 0 bridgehead atoms. The van der Waals surface area contributed by atoms with Crippen molar-refractivity contribution < 1.29 is 14.0 Å². The van der Waals surface area contributed by atoms with E-state index in [4.69, 9.17) is 11.6 Å². The second kappa shape index (κ2) is 5.63. The van der Waals surface area contributed by atoms with Crippen LogP contribution >= 0.6 is 11.6 Å². The van der Waals surface area contributed by atoms with Crippen molar-refractivity contribution >= 4 is 34.8 Å². The predicted molar refractivity (Wildman–Crippen MR) is 90.0 cm³/mol. The molecule has 0 N–H and O–H groups in total. The number of hydrogen-bond donors (Lipinski definition) is 0. The molecule has 2 amide bonds. The maximum Gasteiger partial charge on any atom is 0.263 e. The first-order chi connectivity index (χ1) is 12.0. The molecule has 8 heteroatoms. The van der Waals surface area contributed by atoms with E-state index in [1.54, 1.807) is 24.3 Å². The fourth-order valence-corrected chi connectivity index (χ4v) is 3.14. The van der Waals surface area contributed by atoms with Gasteiger partial charge in [-0.25, -0.2) is 14.3 Å². The first-order valence-corrected chi connectivity index (χ1v) is 7.95. The number of benzene rings is 2. The minimum absolute atomic E-state index is 0.362. The van der Waals surface area contributed by atoms with Crippen molar-refractivity contribution in [1.82, 2.24) is 0 Å². The van der Waals surface area contributed by atoms with Crippen LogP contribution in [0, 0.1) is 12.7 Å². The topological polar surface area (TPSA) is 65.3 Å². The molecule has 0 unspecified atom stereocenters. The van der Waals surface area contributed by atoms with Crippen molar-refractivity contribution in [3.05, 3.63) is 58.9 Å². The number of carbonyl (C=O) groups is 2. The smallest absolute Gasteiger partial charge is 0.263 e. The van der Waals surface area contributed by atoms with Crippen LogP contribution in [0.3, 0.4) is 0 Å². The summed E-state index contributed by atoms with van der Waals surface area (Å²) in [6, 6.07) is 8.73. The number of carbonyl (C=O) groups excluding carboxylic acids is 2. The molecule has 2 aliphatic heterocycles. The SMILES string of the molecule is Cc1ccc(N2C(=O)[C@@H]3N=NN(c4cccc(F)c4)[C@H]3C2=O)cc1Cl. The zero-order valence-corrected chi connectivity index (χ0v) is 13.8. The monoisotopic (exact) mass is 358 g/mol. The molecule has 1 fully saturated rings. The summed E-state index contributed by atoms with van der Waals surface area (Å²) in [5.74, 6) is -1.41. The Morgan fingerprint density at radius 2 is 1.88 bits per heavy atom. The van der Waals surface area contributed by atoms with Crippen LogP contribution in [0.2, 0.25) is 5.02 Å². The summed E-state index contributed by atoms with van der Waals surface area (Å²) >= 11 is 6.11. The van der Waals surface area contributed by atoms with Crippen LogP contribution in [-0.4, -0.2) is 23.9 Å². The lowest BCUT2D eigenvalue weighted by atomic mass is 10.1. The fourth-order valence-electron chi connectivity index (χ4n) is 2.97. The van der Waals surface area contributed by atoms with Gasteiger partial charge >= 0.3 is 0 Å². The molecule has 25 heavy (non-hydrogen) atoms. The third-order valence-corrected chi connectivity index (χ3v) is 4.68. The van der Waals surface area contributed by atoms with Crippen molar-refractivity contribution in [2.24, 2.45) is 10.3 Å². The first kappa shape index (κ1) is 15.7. The Morgan fingerprint density at radius 1 is 1.08 bits per heavy atom. The summed E-state index contributed by atoms with van der Waals surface area (Å²) in [5, 5.41) is 9.54. The highest BCUT2D eigenvalue weighted by atomic mass is 35.5. The van der Waals surface area contributed by atoms with E-state index >= 15 is 0 Å². The number of halogens is 2. The van der Waals surface area contributed by atoms with Gasteiger partial charge in [0.05, 0.1) is 11.4 Å². The van der Waals surface area contributed by atoms with E-state index in [9.17, 15) is 14.0 Å². The first-order valence-electron chi connectivity index (χ1n) is 7.57. The lowest BCUT2D eigenvalue weighted by molar-refractivity contribution is -0.121. The Balaban J connectivity index is 1.71. The Kier molecular flexibility index (Phi) is 3.54. The van der Waals surface area contributed by atoms with E-state index in [2.05, 4.69) is 10.3 Å². The number of amides is 2. The molecule has 0 radical (unpaired) electrons. The van der Waals surface area contributed by atoms with Crippen LogP contribution in [-0.2, 0) is 9.59 Å². The molecule has 0 saturated carbocycles. The van der Waals surface area contributed by atoms with E-state index in [0.717, 1.165) is 10.5 Å². The fraction of sp³-hybridized carbons (Fsp3) is 0.176. The number of hydrogen-bond acceptors (Lipinski definition) is 5. The molecule has 2 heterocycles. The maximum atomic E-state index is 13.5. The van der Waals surface area contributed by atoms with Crippen LogP contribution in [0.1, 0.15) is 5.56 Å². The Labute approximate surface area is 147 Å². The van der Waals surface area contributed by atoms with E-state index in [1.165, 1.54) is 23.2 Å². The summed E-state index contributed by atoms with van der Waals surface area (Å²) < 4.78 is 13.5. The van der Waals surface area contributed by atoms with Crippen LogP contribution in [0.5, 0.6) is 0 Å². The van der Waals surface area contributed by atoms with Crippen LogP contribution in [0.4, 0.5) is 15.8 Å². The molecule has 2 aromatic carbocycles. The number of nitrogens with zero attached hydrogens (tertiary/aromatic N) is 4. The van der Waals surface area contributed by atoms with Crippen molar-refractivity contribution in [2.45, 2.75) is 19.0 Å². The number of aryl methyl sites for hydroxylation is 1. The third-order valence-electron chi connectivity index (χ3n) is 4.27. The average Bonchev–Trinajstić information content (AvgIpc) is 3.12. The number of imide groups is 1. The van der Waals surface area contributed by atoms with Gasteiger partial charge in [0.1, 0.15) is 5.82 Å². The highest BCUT2D eigenvalue weighted by Crippen LogP contribution is 2.36. The zero-order chi connectivity index (χ0) is 17.7. The zero-order valence-electron chi connectivity index (χ0n) is 13.1. The summed E-state index contributed by atoms with van der Waals surface area (Å²) in [7, 11) is 0. The third kappa shape index (κ3) is 2.39. The molecule has 0 aromatic heterocycles. The predicted octanol–water partition coefficient (Wildman–Crippen LogP) is 3.29. The molecular formula is C17H12ClFN4O2. The largest absolute Gasteiger partial charge is 0.271 e. The second-order valence-electron chi connectivity index (χ2n) is 5.86.